The van der Waals surface area contributed by atoms with Crippen LogP contribution in [0.4, 0.5) is 0 Å². The molecule has 5 heteroatoms. The number of nitrogens with zero attached hydrogens (tertiary/aromatic N) is 1. The summed E-state index contributed by atoms with van der Waals surface area (Å²) in [5.41, 5.74) is 0.616. The topological polar surface area (TPSA) is 51.6 Å². The Hall–Kier alpha value is -1.59. The van der Waals surface area contributed by atoms with E-state index in [4.69, 9.17) is 9.47 Å². The second-order valence-corrected chi connectivity index (χ2v) is 4.90. The zero-order valence-electron chi connectivity index (χ0n) is 10.6. The Bertz CT molecular complexity index is 572. The van der Waals surface area contributed by atoms with Crippen LogP contribution in [0, 0.1) is 0 Å². The summed E-state index contributed by atoms with van der Waals surface area (Å²) in [6.45, 7) is 1.67. The Morgan fingerprint density at radius 1 is 1.26 bits per heavy atom. The van der Waals surface area contributed by atoms with Gasteiger partial charge in [-0.25, -0.2) is 0 Å². The number of aromatic nitrogens is 1. The van der Waals surface area contributed by atoms with Crippen molar-refractivity contribution in [2.24, 2.45) is 0 Å². The maximum Gasteiger partial charge on any atom is 0.146 e. The molecule has 0 aliphatic rings. The fourth-order valence-corrected chi connectivity index (χ4v) is 2.12. The van der Waals surface area contributed by atoms with Crippen molar-refractivity contribution in [1.29, 1.82) is 0 Å². The standard InChI is InChI=1S/C14H14BrNO3/c1-9(17)14-12(18-2)4-3-5-13(14)19-11-6-10(15)7-16-8-11/h3-9,17H,1-2H3. The zero-order valence-corrected chi connectivity index (χ0v) is 12.2. The zero-order chi connectivity index (χ0) is 13.8. The highest BCUT2D eigenvalue weighted by atomic mass is 79.9. The molecule has 2 rings (SSSR count). The number of methoxy groups -OCH3 is 1. The Kier molecular flexibility index (Phi) is 4.39. The summed E-state index contributed by atoms with van der Waals surface area (Å²) < 4.78 is 11.8. The molecule has 2 aromatic rings. The third-order valence-corrected chi connectivity index (χ3v) is 3.01. The van der Waals surface area contributed by atoms with Gasteiger partial charge in [0.05, 0.1) is 25.0 Å². The molecule has 4 nitrogen and oxygen atoms in total. The van der Waals surface area contributed by atoms with Gasteiger partial charge in [0.2, 0.25) is 0 Å². The van der Waals surface area contributed by atoms with E-state index in [-0.39, 0.29) is 0 Å². The predicted molar refractivity (Wildman–Crippen MR) is 75.6 cm³/mol. The van der Waals surface area contributed by atoms with Gasteiger partial charge in [-0.1, -0.05) is 6.07 Å². The van der Waals surface area contributed by atoms with E-state index in [1.807, 2.05) is 6.07 Å². The molecule has 1 unspecified atom stereocenters. The van der Waals surface area contributed by atoms with Crippen molar-refractivity contribution in [3.8, 4) is 17.2 Å². The maximum atomic E-state index is 9.86. The van der Waals surface area contributed by atoms with E-state index in [2.05, 4.69) is 20.9 Å². The highest BCUT2D eigenvalue weighted by Crippen LogP contribution is 2.36. The van der Waals surface area contributed by atoms with Gasteiger partial charge < -0.3 is 14.6 Å². The third-order valence-electron chi connectivity index (χ3n) is 2.57. The molecule has 1 aromatic carbocycles. The van der Waals surface area contributed by atoms with E-state index in [0.29, 0.717) is 22.8 Å². The monoisotopic (exact) mass is 323 g/mol. The summed E-state index contributed by atoms with van der Waals surface area (Å²) >= 11 is 3.33. The minimum atomic E-state index is -0.689. The van der Waals surface area contributed by atoms with Crippen molar-refractivity contribution in [3.63, 3.8) is 0 Å². The smallest absolute Gasteiger partial charge is 0.146 e. The molecule has 19 heavy (non-hydrogen) atoms. The van der Waals surface area contributed by atoms with E-state index in [1.54, 1.807) is 44.6 Å². The third kappa shape index (κ3) is 3.24. The number of rotatable bonds is 4. The number of hydrogen-bond acceptors (Lipinski definition) is 4. The molecular weight excluding hydrogens is 310 g/mol. The second kappa shape index (κ2) is 6.04. The highest BCUT2D eigenvalue weighted by Gasteiger charge is 2.16. The lowest BCUT2D eigenvalue weighted by Crippen LogP contribution is -2.00. The Balaban J connectivity index is 2.39. The van der Waals surface area contributed by atoms with Crippen molar-refractivity contribution >= 4 is 15.9 Å². The Morgan fingerprint density at radius 3 is 2.63 bits per heavy atom. The van der Waals surface area contributed by atoms with Crippen LogP contribution < -0.4 is 9.47 Å². The molecule has 1 atom stereocenters. The Morgan fingerprint density at radius 2 is 2.00 bits per heavy atom. The first-order valence-corrected chi connectivity index (χ1v) is 6.54. The Labute approximate surface area is 120 Å². The number of hydrogen-bond donors (Lipinski definition) is 1. The van der Waals surface area contributed by atoms with Crippen molar-refractivity contribution in [1.82, 2.24) is 4.98 Å². The number of aliphatic hydroxyl groups excluding tert-OH is 1. The van der Waals surface area contributed by atoms with Crippen LogP contribution in [0.1, 0.15) is 18.6 Å². The van der Waals surface area contributed by atoms with Gasteiger partial charge >= 0.3 is 0 Å². The fraction of sp³-hybridized carbons (Fsp3) is 0.214. The van der Waals surface area contributed by atoms with Crippen LogP contribution in [-0.2, 0) is 0 Å². The molecule has 0 saturated heterocycles. The van der Waals surface area contributed by atoms with Gasteiger partial charge in [0.1, 0.15) is 17.2 Å². The van der Waals surface area contributed by atoms with E-state index in [1.165, 1.54) is 0 Å². The molecule has 0 aliphatic carbocycles. The molecule has 0 aliphatic heterocycles. The fourth-order valence-electron chi connectivity index (χ4n) is 1.78. The van der Waals surface area contributed by atoms with Crippen molar-refractivity contribution in [2.75, 3.05) is 7.11 Å². The average Bonchev–Trinajstić information content (AvgIpc) is 2.38. The predicted octanol–water partition coefficient (Wildman–Crippen LogP) is 3.70. The van der Waals surface area contributed by atoms with Crippen LogP contribution in [0.25, 0.3) is 0 Å². The molecule has 1 N–H and O–H groups in total. The van der Waals surface area contributed by atoms with E-state index in [0.717, 1.165) is 4.47 Å². The van der Waals surface area contributed by atoms with Gasteiger partial charge in [0, 0.05) is 10.7 Å². The lowest BCUT2D eigenvalue weighted by atomic mass is 10.1. The lowest BCUT2D eigenvalue weighted by Gasteiger charge is -2.16. The van der Waals surface area contributed by atoms with Crippen LogP contribution >= 0.6 is 15.9 Å². The van der Waals surface area contributed by atoms with E-state index in [9.17, 15) is 5.11 Å². The summed E-state index contributed by atoms with van der Waals surface area (Å²) in [7, 11) is 1.56. The van der Waals surface area contributed by atoms with Gasteiger partial charge in [-0.05, 0) is 41.1 Å². The number of pyridine rings is 1. The molecular formula is C14H14BrNO3. The summed E-state index contributed by atoms with van der Waals surface area (Å²) in [6, 6.07) is 7.18. The SMILES string of the molecule is COc1cccc(Oc2cncc(Br)c2)c1C(C)O. The first-order valence-electron chi connectivity index (χ1n) is 5.75. The average molecular weight is 324 g/mol. The van der Waals surface area contributed by atoms with Crippen molar-refractivity contribution in [2.45, 2.75) is 13.0 Å². The molecule has 0 saturated carbocycles. The summed E-state index contributed by atoms with van der Waals surface area (Å²) in [4.78, 5) is 4.03. The van der Waals surface area contributed by atoms with E-state index >= 15 is 0 Å². The molecule has 0 spiro atoms. The first-order chi connectivity index (χ1) is 9.11. The minimum Gasteiger partial charge on any atom is -0.496 e. The van der Waals surface area contributed by atoms with Gasteiger partial charge in [-0.3, -0.25) is 4.98 Å². The van der Waals surface area contributed by atoms with Gasteiger partial charge in [0.25, 0.3) is 0 Å². The normalized spacial score (nSPS) is 12.0. The first kappa shape index (κ1) is 13.8. The second-order valence-electron chi connectivity index (χ2n) is 3.99. The number of benzene rings is 1. The number of aliphatic hydroxyl groups is 1. The van der Waals surface area contributed by atoms with Gasteiger partial charge in [-0.15, -0.1) is 0 Å². The largest absolute Gasteiger partial charge is 0.496 e. The van der Waals surface area contributed by atoms with E-state index < -0.39 is 6.10 Å². The minimum absolute atomic E-state index is 0.550. The summed E-state index contributed by atoms with van der Waals surface area (Å²) in [5.74, 6) is 1.73. The van der Waals surface area contributed by atoms with Crippen LogP contribution in [0.15, 0.2) is 41.1 Å². The van der Waals surface area contributed by atoms with Crippen molar-refractivity contribution in [3.05, 3.63) is 46.7 Å². The van der Waals surface area contributed by atoms with Gasteiger partial charge in [0.15, 0.2) is 0 Å². The van der Waals surface area contributed by atoms with Crippen molar-refractivity contribution < 1.29 is 14.6 Å². The van der Waals surface area contributed by atoms with Crippen LogP contribution in [-0.4, -0.2) is 17.2 Å². The van der Waals surface area contributed by atoms with Gasteiger partial charge in [-0.2, -0.15) is 0 Å². The van der Waals surface area contributed by atoms with Crippen LogP contribution in [0.5, 0.6) is 17.2 Å². The van der Waals surface area contributed by atoms with Crippen LogP contribution in [0.3, 0.4) is 0 Å². The molecule has 0 fully saturated rings. The molecule has 1 heterocycles. The molecule has 0 amide bonds. The summed E-state index contributed by atoms with van der Waals surface area (Å²) in [6.07, 6.45) is 2.59. The summed E-state index contributed by atoms with van der Waals surface area (Å²) in [5, 5.41) is 9.86. The maximum absolute atomic E-state index is 9.86. The molecule has 1 aromatic heterocycles. The quantitative estimate of drug-likeness (QED) is 0.932. The molecule has 0 bridgehead atoms. The highest BCUT2D eigenvalue weighted by molar-refractivity contribution is 9.10. The number of ether oxygens (including phenoxy) is 2. The number of halogens is 1. The molecule has 0 radical (unpaired) electrons. The van der Waals surface area contributed by atoms with Crippen LogP contribution in [0.2, 0.25) is 0 Å². The molecule has 100 valence electrons. The lowest BCUT2D eigenvalue weighted by molar-refractivity contribution is 0.190.